The van der Waals surface area contributed by atoms with E-state index in [0.717, 1.165) is 16.9 Å². The van der Waals surface area contributed by atoms with E-state index in [4.69, 9.17) is 16.3 Å². The van der Waals surface area contributed by atoms with Crippen molar-refractivity contribution in [2.75, 3.05) is 7.11 Å². The Bertz CT molecular complexity index is 571. The van der Waals surface area contributed by atoms with Gasteiger partial charge in [-0.2, -0.15) is 0 Å². The highest BCUT2D eigenvalue weighted by Gasteiger charge is 2.10. The van der Waals surface area contributed by atoms with Crippen molar-refractivity contribution >= 4 is 11.6 Å². The molecule has 2 aromatic rings. The first kappa shape index (κ1) is 14.8. The van der Waals surface area contributed by atoms with Crippen molar-refractivity contribution in [3.05, 3.63) is 64.4 Å². The Morgan fingerprint density at radius 1 is 1.20 bits per heavy atom. The van der Waals surface area contributed by atoms with Crippen molar-refractivity contribution in [1.82, 2.24) is 5.32 Å². The lowest BCUT2D eigenvalue weighted by Crippen LogP contribution is -2.18. The summed E-state index contributed by atoms with van der Waals surface area (Å²) in [6, 6.07) is 12.2. The van der Waals surface area contributed by atoms with E-state index in [1.165, 1.54) is 12.1 Å². The fraction of sp³-hybridized carbons (Fsp3) is 0.250. The third-order valence-corrected chi connectivity index (χ3v) is 3.54. The van der Waals surface area contributed by atoms with Crippen molar-refractivity contribution in [3.63, 3.8) is 0 Å². The quantitative estimate of drug-likeness (QED) is 0.885. The summed E-state index contributed by atoms with van der Waals surface area (Å²) in [4.78, 5) is 0. The predicted octanol–water partition coefficient (Wildman–Crippen LogP) is 4.34. The topological polar surface area (TPSA) is 21.3 Å². The molecule has 1 unspecified atom stereocenters. The first-order valence-corrected chi connectivity index (χ1v) is 6.79. The average molecular weight is 294 g/mol. The molecule has 0 aliphatic carbocycles. The normalized spacial score (nSPS) is 12.2. The van der Waals surface area contributed by atoms with Crippen LogP contribution >= 0.6 is 11.6 Å². The Labute approximate surface area is 123 Å². The van der Waals surface area contributed by atoms with Gasteiger partial charge in [-0.3, -0.25) is 0 Å². The minimum atomic E-state index is -0.275. The third kappa shape index (κ3) is 3.71. The molecular weight excluding hydrogens is 277 g/mol. The Morgan fingerprint density at radius 3 is 2.55 bits per heavy atom. The number of methoxy groups -OCH3 is 1. The van der Waals surface area contributed by atoms with Crippen LogP contribution in [0.4, 0.5) is 4.39 Å². The Balaban J connectivity index is 2.00. The summed E-state index contributed by atoms with van der Waals surface area (Å²) < 4.78 is 18.4. The zero-order valence-electron chi connectivity index (χ0n) is 11.5. The van der Waals surface area contributed by atoms with E-state index in [2.05, 4.69) is 5.32 Å². The van der Waals surface area contributed by atoms with Crippen LogP contribution < -0.4 is 10.1 Å². The SMILES string of the molecule is COc1ccc(CNC(C)c2cc(F)ccc2Cl)cc1. The second kappa shape index (κ2) is 6.73. The van der Waals surface area contributed by atoms with Gasteiger partial charge in [0.25, 0.3) is 0 Å². The maximum absolute atomic E-state index is 13.3. The van der Waals surface area contributed by atoms with Gasteiger partial charge >= 0.3 is 0 Å². The van der Waals surface area contributed by atoms with Gasteiger partial charge in [0.1, 0.15) is 11.6 Å². The molecule has 0 aliphatic heterocycles. The van der Waals surface area contributed by atoms with E-state index in [1.54, 1.807) is 13.2 Å². The number of hydrogen-bond acceptors (Lipinski definition) is 2. The van der Waals surface area contributed by atoms with Crippen LogP contribution in [-0.2, 0) is 6.54 Å². The lowest BCUT2D eigenvalue weighted by Gasteiger charge is -2.16. The highest BCUT2D eigenvalue weighted by Crippen LogP contribution is 2.24. The van der Waals surface area contributed by atoms with E-state index in [9.17, 15) is 4.39 Å². The Morgan fingerprint density at radius 2 is 1.90 bits per heavy atom. The minimum absolute atomic E-state index is 0.0275. The molecule has 0 saturated carbocycles. The standard InChI is InChI=1S/C16H17ClFNO/c1-11(15-9-13(18)5-8-16(15)17)19-10-12-3-6-14(20-2)7-4-12/h3-9,11,19H,10H2,1-2H3. The molecule has 2 aromatic carbocycles. The van der Waals surface area contributed by atoms with Crippen molar-refractivity contribution in [3.8, 4) is 5.75 Å². The van der Waals surface area contributed by atoms with Gasteiger partial charge in [-0.1, -0.05) is 23.7 Å². The summed E-state index contributed by atoms with van der Waals surface area (Å²) in [6.07, 6.45) is 0. The van der Waals surface area contributed by atoms with Crippen molar-refractivity contribution < 1.29 is 9.13 Å². The molecule has 0 heterocycles. The highest BCUT2D eigenvalue weighted by molar-refractivity contribution is 6.31. The molecule has 0 saturated heterocycles. The zero-order valence-corrected chi connectivity index (χ0v) is 12.2. The van der Waals surface area contributed by atoms with Crippen LogP contribution in [0.25, 0.3) is 0 Å². The summed E-state index contributed by atoms with van der Waals surface area (Å²) in [7, 11) is 1.64. The van der Waals surface area contributed by atoms with Crippen molar-refractivity contribution in [2.24, 2.45) is 0 Å². The smallest absolute Gasteiger partial charge is 0.123 e. The maximum atomic E-state index is 13.3. The van der Waals surface area contributed by atoms with E-state index in [-0.39, 0.29) is 11.9 Å². The maximum Gasteiger partial charge on any atom is 0.123 e. The molecule has 0 spiro atoms. The lowest BCUT2D eigenvalue weighted by atomic mass is 10.1. The van der Waals surface area contributed by atoms with Gasteiger partial charge in [-0.25, -0.2) is 4.39 Å². The molecule has 0 aliphatic rings. The largest absolute Gasteiger partial charge is 0.497 e. The molecule has 4 heteroatoms. The second-order valence-electron chi connectivity index (χ2n) is 4.62. The van der Waals surface area contributed by atoms with Crippen LogP contribution in [0.3, 0.4) is 0 Å². The van der Waals surface area contributed by atoms with Gasteiger partial charge in [-0.15, -0.1) is 0 Å². The number of hydrogen-bond donors (Lipinski definition) is 1. The first-order valence-electron chi connectivity index (χ1n) is 6.41. The van der Waals surface area contributed by atoms with Crippen LogP contribution in [0.1, 0.15) is 24.1 Å². The van der Waals surface area contributed by atoms with Crippen LogP contribution in [-0.4, -0.2) is 7.11 Å². The highest BCUT2D eigenvalue weighted by atomic mass is 35.5. The van der Waals surface area contributed by atoms with Gasteiger partial charge < -0.3 is 10.1 Å². The first-order chi connectivity index (χ1) is 9.60. The molecule has 1 N–H and O–H groups in total. The number of rotatable bonds is 5. The molecule has 1 atom stereocenters. The fourth-order valence-electron chi connectivity index (χ4n) is 1.97. The minimum Gasteiger partial charge on any atom is -0.497 e. The average Bonchev–Trinajstić information content (AvgIpc) is 2.47. The summed E-state index contributed by atoms with van der Waals surface area (Å²) in [5, 5.41) is 3.90. The van der Waals surface area contributed by atoms with Crippen LogP contribution in [0, 0.1) is 5.82 Å². The van der Waals surface area contributed by atoms with Gasteiger partial charge in [0.15, 0.2) is 0 Å². The Kier molecular flexibility index (Phi) is 4.99. The monoisotopic (exact) mass is 293 g/mol. The summed E-state index contributed by atoms with van der Waals surface area (Å²) in [5.41, 5.74) is 1.89. The summed E-state index contributed by atoms with van der Waals surface area (Å²) in [5.74, 6) is 0.553. The molecule has 0 bridgehead atoms. The van der Waals surface area contributed by atoms with Crippen molar-refractivity contribution in [2.45, 2.75) is 19.5 Å². The third-order valence-electron chi connectivity index (χ3n) is 3.20. The number of benzene rings is 2. The molecule has 2 rings (SSSR count). The molecule has 20 heavy (non-hydrogen) atoms. The predicted molar refractivity (Wildman–Crippen MR) is 79.7 cm³/mol. The Hall–Kier alpha value is -1.58. The van der Waals surface area contributed by atoms with Gasteiger partial charge in [0.2, 0.25) is 0 Å². The summed E-state index contributed by atoms with van der Waals surface area (Å²) >= 11 is 6.09. The zero-order chi connectivity index (χ0) is 14.5. The number of nitrogens with one attached hydrogen (secondary N) is 1. The van der Waals surface area contributed by atoms with E-state index < -0.39 is 0 Å². The molecule has 0 radical (unpaired) electrons. The van der Waals surface area contributed by atoms with Crippen LogP contribution in [0.2, 0.25) is 5.02 Å². The van der Waals surface area contributed by atoms with Gasteiger partial charge in [-0.05, 0) is 48.4 Å². The van der Waals surface area contributed by atoms with Crippen LogP contribution in [0.15, 0.2) is 42.5 Å². The molecular formula is C16H17ClFNO. The van der Waals surface area contributed by atoms with E-state index in [1.807, 2.05) is 31.2 Å². The van der Waals surface area contributed by atoms with Gasteiger partial charge in [0.05, 0.1) is 7.11 Å². The van der Waals surface area contributed by atoms with Crippen LogP contribution in [0.5, 0.6) is 5.75 Å². The molecule has 0 amide bonds. The van der Waals surface area contributed by atoms with E-state index >= 15 is 0 Å². The molecule has 106 valence electrons. The molecule has 0 fully saturated rings. The van der Waals surface area contributed by atoms with E-state index in [0.29, 0.717) is 11.6 Å². The van der Waals surface area contributed by atoms with Gasteiger partial charge in [0, 0.05) is 17.6 Å². The summed E-state index contributed by atoms with van der Waals surface area (Å²) in [6.45, 7) is 2.64. The second-order valence-corrected chi connectivity index (χ2v) is 5.02. The number of ether oxygens (including phenoxy) is 1. The fourth-order valence-corrected chi connectivity index (χ4v) is 2.25. The molecule has 2 nitrogen and oxygen atoms in total. The number of halogens is 2. The molecule has 0 aromatic heterocycles. The lowest BCUT2D eigenvalue weighted by molar-refractivity contribution is 0.414. The van der Waals surface area contributed by atoms with Crippen molar-refractivity contribution in [1.29, 1.82) is 0 Å².